The summed E-state index contributed by atoms with van der Waals surface area (Å²) in [6, 6.07) is 0. The third-order valence-electron chi connectivity index (χ3n) is 5.08. The highest BCUT2D eigenvalue weighted by Gasteiger charge is 2.51. The molecule has 0 aliphatic carbocycles. The molecule has 0 radical (unpaired) electrons. The average Bonchev–Trinajstić information content (AvgIpc) is 2.31. The van der Waals surface area contributed by atoms with E-state index in [2.05, 4.69) is 33.9 Å². The van der Waals surface area contributed by atoms with Gasteiger partial charge in [0.15, 0.2) is 14.6 Å². The molecule has 0 aromatic heterocycles. The van der Waals surface area contributed by atoms with Gasteiger partial charge in [-0.15, -0.1) is 0 Å². The predicted molar refractivity (Wildman–Crippen MR) is 84.7 cm³/mol. The van der Waals surface area contributed by atoms with E-state index in [0.29, 0.717) is 6.42 Å². The van der Waals surface area contributed by atoms with Crippen molar-refractivity contribution in [3.8, 4) is 0 Å². The molecule has 1 aliphatic heterocycles. The van der Waals surface area contributed by atoms with Crippen molar-refractivity contribution in [3.63, 3.8) is 0 Å². The van der Waals surface area contributed by atoms with Crippen molar-refractivity contribution in [2.24, 2.45) is 0 Å². The second kappa shape index (κ2) is 6.26. The number of hydrogen-bond acceptors (Lipinski definition) is 5. The van der Waals surface area contributed by atoms with Crippen LogP contribution in [0.15, 0.2) is 0 Å². The lowest BCUT2D eigenvalue weighted by atomic mass is 9.83. The summed E-state index contributed by atoms with van der Waals surface area (Å²) in [4.78, 5) is 0. The van der Waals surface area contributed by atoms with Gasteiger partial charge in [0.2, 0.25) is 0 Å². The van der Waals surface area contributed by atoms with Gasteiger partial charge in [0.05, 0.1) is 18.3 Å². The van der Waals surface area contributed by atoms with Gasteiger partial charge < -0.3 is 24.1 Å². The van der Waals surface area contributed by atoms with Crippen molar-refractivity contribution in [1.29, 1.82) is 0 Å². The van der Waals surface area contributed by atoms with Crippen LogP contribution in [-0.4, -0.2) is 55.8 Å². The number of aliphatic hydroxyl groups excluding tert-OH is 1. The van der Waals surface area contributed by atoms with Crippen molar-refractivity contribution >= 4 is 8.32 Å². The highest BCUT2D eigenvalue weighted by molar-refractivity contribution is 6.74. The Balaban J connectivity index is 2.98. The molecule has 0 aromatic carbocycles. The molecule has 0 saturated carbocycles. The molecule has 5 atom stereocenters. The van der Waals surface area contributed by atoms with Gasteiger partial charge in [-0.25, -0.2) is 0 Å². The molecule has 0 bridgehead atoms. The van der Waals surface area contributed by atoms with Gasteiger partial charge in [-0.05, 0) is 32.0 Å². The Kier molecular flexibility index (Phi) is 5.68. The number of ether oxygens (including phenoxy) is 2. The first-order valence-electron chi connectivity index (χ1n) is 7.61. The van der Waals surface area contributed by atoms with Crippen LogP contribution in [0.2, 0.25) is 18.1 Å². The summed E-state index contributed by atoms with van der Waals surface area (Å²) < 4.78 is 17.5. The first-order chi connectivity index (χ1) is 9.35. The normalized spacial score (nSPS) is 36.6. The fourth-order valence-corrected chi connectivity index (χ4v) is 3.67. The number of methoxy groups -OCH3 is 1. The Morgan fingerprint density at radius 2 is 1.86 bits per heavy atom. The lowest BCUT2D eigenvalue weighted by molar-refractivity contribution is -0.292. The van der Waals surface area contributed by atoms with E-state index in [1.165, 1.54) is 0 Å². The summed E-state index contributed by atoms with van der Waals surface area (Å²) in [5.41, 5.74) is -1.32. The summed E-state index contributed by atoms with van der Waals surface area (Å²) in [6.45, 7) is 14.1. The van der Waals surface area contributed by atoms with Gasteiger partial charge in [0, 0.05) is 13.5 Å². The maximum absolute atomic E-state index is 10.7. The molecule has 0 unspecified atom stereocenters. The van der Waals surface area contributed by atoms with Crippen LogP contribution < -0.4 is 0 Å². The fraction of sp³-hybridized carbons (Fsp3) is 1.00. The maximum Gasteiger partial charge on any atom is 0.192 e. The van der Waals surface area contributed by atoms with Crippen molar-refractivity contribution in [2.75, 3.05) is 7.11 Å². The van der Waals surface area contributed by atoms with Crippen LogP contribution in [0, 0.1) is 0 Å². The summed E-state index contributed by atoms with van der Waals surface area (Å²) in [5, 5.41) is 20.7. The smallest absolute Gasteiger partial charge is 0.192 e. The lowest BCUT2D eigenvalue weighted by Crippen LogP contribution is -2.62. The van der Waals surface area contributed by atoms with Crippen molar-refractivity contribution in [1.82, 2.24) is 0 Å². The Bertz CT molecular complexity index is 350. The first-order valence-corrected chi connectivity index (χ1v) is 10.5. The van der Waals surface area contributed by atoms with E-state index in [9.17, 15) is 10.2 Å². The van der Waals surface area contributed by atoms with Crippen molar-refractivity contribution in [3.05, 3.63) is 0 Å². The van der Waals surface area contributed by atoms with Gasteiger partial charge >= 0.3 is 0 Å². The van der Waals surface area contributed by atoms with E-state index in [4.69, 9.17) is 13.9 Å². The number of aliphatic hydroxyl groups is 2. The predicted octanol–water partition coefficient (Wildman–Crippen LogP) is 2.27. The summed E-state index contributed by atoms with van der Waals surface area (Å²) in [5.74, 6) is 0. The Morgan fingerprint density at radius 3 is 2.24 bits per heavy atom. The summed E-state index contributed by atoms with van der Waals surface area (Å²) in [7, 11) is -0.447. The molecule has 6 heteroatoms. The lowest BCUT2D eigenvalue weighted by Gasteiger charge is -2.49. The molecular formula is C15H32O5Si. The van der Waals surface area contributed by atoms with Crippen LogP contribution in [0.3, 0.4) is 0 Å². The van der Waals surface area contributed by atoms with Crippen LogP contribution in [0.5, 0.6) is 0 Å². The monoisotopic (exact) mass is 320 g/mol. The third kappa shape index (κ3) is 3.86. The maximum atomic E-state index is 10.7. The van der Waals surface area contributed by atoms with Crippen LogP contribution in [0.4, 0.5) is 0 Å². The minimum atomic E-state index is -2.02. The molecule has 0 amide bonds. The van der Waals surface area contributed by atoms with E-state index in [-0.39, 0.29) is 11.1 Å². The average molecular weight is 321 g/mol. The standard InChI is InChI=1S/C15H32O5Si/c1-10(16)15(17)9-12(13(18-6)19-11(15)2)20-21(7,8)14(3,4)5/h10-13,16-17H,9H2,1-8H3/t10-,11+,12+,13-,15-/m0/s1. The quantitative estimate of drug-likeness (QED) is 0.778. The van der Waals surface area contributed by atoms with E-state index < -0.39 is 32.4 Å². The van der Waals surface area contributed by atoms with Gasteiger partial charge in [-0.2, -0.15) is 0 Å². The topological polar surface area (TPSA) is 68.2 Å². The second-order valence-electron chi connectivity index (χ2n) is 7.67. The SMILES string of the molecule is CO[C@H]1O[C@H](C)[C@@](O)([C@H](C)O)C[C@H]1O[Si](C)(C)C(C)(C)C. The van der Waals surface area contributed by atoms with Gasteiger partial charge in [-0.3, -0.25) is 0 Å². The molecule has 1 fully saturated rings. The van der Waals surface area contributed by atoms with Crippen LogP contribution in [-0.2, 0) is 13.9 Å². The second-order valence-corrected chi connectivity index (χ2v) is 12.4. The molecule has 126 valence electrons. The summed E-state index contributed by atoms with van der Waals surface area (Å²) in [6.07, 6.45) is -2.01. The third-order valence-corrected chi connectivity index (χ3v) is 9.59. The summed E-state index contributed by atoms with van der Waals surface area (Å²) >= 11 is 0. The first kappa shape index (κ1) is 19.1. The number of hydrogen-bond donors (Lipinski definition) is 2. The van der Waals surface area contributed by atoms with E-state index in [1.807, 2.05) is 0 Å². The molecule has 21 heavy (non-hydrogen) atoms. The van der Waals surface area contributed by atoms with E-state index in [1.54, 1.807) is 21.0 Å². The van der Waals surface area contributed by atoms with E-state index in [0.717, 1.165) is 0 Å². The molecule has 1 heterocycles. The fourth-order valence-electron chi connectivity index (χ4n) is 2.36. The number of rotatable bonds is 4. The molecular weight excluding hydrogens is 288 g/mol. The molecule has 1 saturated heterocycles. The Morgan fingerprint density at radius 1 is 1.33 bits per heavy atom. The van der Waals surface area contributed by atoms with Gasteiger partial charge in [0.1, 0.15) is 5.60 Å². The Hall–Kier alpha value is 0.0169. The van der Waals surface area contributed by atoms with Gasteiger partial charge in [-0.1, -0.05) is 20.8 Å². The van der Waals surface area contributed by atoms with Crippen LogP contribution in [0.1, 0.15) is 41.0 Å². The van der Waals surface area contributed by atoms with Crippen molar-refractivity contribution < 1.29 is 24.1 Å². The molecule has 5 nitrogen and oxygen atoms in total. The molecule has 2 N–H and O–H groups in total. The Labute approximate surface area is 129 Å². The molecule has 1 aliphatic rings. The minimum absolute atomic E-state index is 0.0529. The molecule has 1 rings (SSSR count). The zero-order valence-corrected chi connectivity index (χ0v) is 15.6. The van der Waals surface area contributed by atoms with Crippen LogP contribution in [0.25, 0.3) is 0 Å². The highest BCUT2D eigenvalue weighted by Crippen LogP contribution is 2.41. The molecule has 0 spiro atoms. The highest BCUT2D eigenvalue weighted by atomic mass is 28.4. The van der Waals surface area contributed by atoms with Gasteiger partial charge in [0.25, 0.3) is 0 Å². The zero-order valence-electron chi connectivity index (χ0n) is 14.6. The van der Waals surface area contributed by atoms with Crippen molar-refractivity contribution in [2.45, 2.75) is 89.4 Å². The van der Waals surface area contributed by atoms with E-state index >= 15 is 0 Å². The zero-order chi connectivity index (χ0) is 16.6. The minimum Gasteiger partial charge on any atom is -0.409 e. The van der Waals surface area contributed by atoms with Crippen LogP contribution >= 0.6 is 0 Å². The molecule has 0 aromatic rings. The largest absolute Gasteiger partial charge is 0.409 e.